The number of rotatable bonds is 3. The number of carbonyl (C=O) groups is 2. The summed E-state index contributed by atoms with van der Waals surface area (Å²) in [5.41, 5.74) is 2.46. The van der Waals surface area contributed by atoms with Gasteiger partial charge in [0, 0.05) is 0 Å². The molecule has 2 rings (SSSR count). The highest BCUT2D eigenvalue weighted by Gasteiger charge is 2.24. The van der Waals surface area contributed by atoms with Crippen molar-refractivity contribution in [3.05, 3.63) is 41.0 Å². The van der Waals surface area contributed by atoms with Crippen LogP contribution in [-0.4, -0.2) is 40.9 Å². The first-order chi connectivity index (χ1) is 9.99. The highest BCUT2D eigenvalue weighted by molar-refractivity contribution is 5.90. The lowest BCUT2D eigenvalue weighted by Gasteiger charge is -2.10. The summed E-state index contributed by atoms with van der Waals surface area (Å²) in [5, 5.41) is 4.07. The molecule has 1 heterocycles. The molecule has 0 bridgehead atoms. The Balaban J connectivity index is 2.69. The Labute approximate surface area is 121 Å². The van der Waals surface area contributed by atoms with E-state index in [1.165, 1.54) is 18.9 Å². The van der Waals surface area contributed by atoms with Crippen molar-refractivity contribution in [1.82, 2.24) is 14.8 Å². The highest BCUT2D eigenvalue weighted by atomic mass is 16.5. The lowest BCUT2D eigenvalue weighted by atomic mass is 10.1. The molecule has 0 radical (unpaired) electrons. The minimum absolute atomic E-state index is 0.0738. The number of carbonyl (C=O) groups excluding carboxylic acids is 2. The van der Waals surface area contributed by atoms with Gasteiger partial charge in [-0.05, 0) is 25.0 Å². The first kappa shape index (κ1) is 14.7. The van der Waals surface area contributed by atoms with Crippen LogP contribution in [0.2, 0.25) is 0 Å². The lowest BCUT2D eigenvalue weighted by Crippen LogP contribution is -2.13. The molecule has 1 aromatic heterocycles. The summed E-state index contributed by atoms with van der Waals surface area (Å²) in [6.45, 7) is 3.76. The van der Waals surface area contributed by atoms with Crippen molar-refractivity contribution in [1.29, 1.82) is 0 Å². The zero-order valence-electron chi connectivity index (χ0n) is 12.2. The minimum Gasteiger partial charge on any atom is -0.463 e. The van der Waals surface area contributed by atoms with E-state index >= 15 is 0 Å². The van der Waals surface area contributed by atoms with Crippen molar-refractivity contribution < 1.29 is 19.1 Å². The van der Waals surface area contributed by atoms with E-state index in [9.17, 15) is 9.59 Å². The standard InChI is InChI=1S/C14H15N3O4/c1-8-6-5-7-9(2)10(8)17-12(14(19)21-4)15-11(16-17)13(18)20-3/h5-7H,1-4H3. The van der Waals surface area contributed by atoms with Crippen molar-refractivity contribution >= 4 is 11.9 Å². The molecule has 1 aromatic carbocycles. The van der Waals surface area contributed by atoms with Gasteiger partial charge in [0.2, 0.25) is 5.82 Å². The van der Waals surface area contributed by atoms with Crippen molar-refractivity contribution in [3.63, 3.8) is 0 Å². The zero-order valence-corrected chi connectivity index (χ0v) is 12.2. The van der Waals surface area contributed by atoms with Gasteiger partial charge in [0.1, 0.15) is 0 Å². The summed E-state index contributed by atoms with van der Waals surface area (Å²) in [7, 11) is 2.46. The van der Waals surface area contributed by atoms with Crippen molar-refractivity contribution in [2.45, 2.75) is 13.8 Å². The van der Waals surface area contributed by atoms with Crippen LogP contribution in [0.5, 0.6) is 0 Å². The van der Waals surface area contributed by atoms with E-state index in [1.807, 2.05) is 32.0 Å². The molecule has 0 saturated heterocycles. The molecule has 0 N–H and O–H groups in total. The predicted octanol–water partition coefficient (Wildman–Crippen LogP) is 1.46. The molecule has 2 aromatic rings. The zero-order chi connectivity index (χ0) is 15.6. The van der Waals surface area contributed by atoms with Crippen LogP contribution in [0.25, 0.3) is 5.69 Å². The lowest BCUT2D eigenvalue weighted by molar-refractivity contribution is 0.0583. The molecule has 0 unspecified atom stereocenters. The number of aryl methyl sites for hydroxylation is 2. The second-order valence-corrected chi connectivity index (χ2v) is 4.39. The quantitative estimate of drug-likeness (QED) is 0.795. The normalized spacial score (nSPS) is 10.3. The van der Waals surface area contributed by atoms with Gasteiger partial charge in [-0.3, -0.25) is 0 Å². The summed E-state index contributed by atoms with van der Waals surface area (Å²) in [5.74, 6) is -1.67. The Kier molecular flexibility index (Phi) is 4.02. The third kappa shape index (κ3) is 2.62. The van der Waals surface area contributed by atoms with Crippen LogP contribution in [-0.2, 0) is 9.47 Å². The number of aromatic nitrogens is 3. The molecule has 0 aliphatic rings. The van der Waals surface area contributed by atoms with Crippen molar-refractivity contribution in [2.24, 2.45) is 0 Å². The second kappa shape index (κ2) is 5.74. The fourth-order valence-corrected chi connectivity index (χ4v) is 2.01. The first-order valence-corrected chi connectivity index (χ1v) is 6.20. The summed E-state index contributed by atoms with van der Waals surface area (Å²) >= 11 is 0. The van der Waals surface area contributed by atoms with Crippen LogP contribution in [0.15, 0.2) is 18.2 Å². The van der Waals surface area contributed by atoms with Gasteiger partial charge in [0.25, 0.3) is 5.82 Å². The summed E-state index contributed by atoms with van der Waals surface area (Å²) in [4.78, 5) is 27.3. The molecule has 7 heteroatoms. The molecule has 0 atom stereocenters. The van der Waals surface area contributed by atoms with E-state index < -0.39 is 11.9 Å². The van der Waals surface area contributed by atoms with Gasteiger partial charge in [-0.25, -0.2) is 14.3 Å². The molecule has 21 heavy (non-hydrogen) atoms. The largest absolute Gasteiger partial charge is 0.463 e. The molecule has 0 saturated carbocycles. The maximum absolute atomic E-state index is 11.9. The monoisotopic (exact) mass is 289 g/mol. The molecule has 0 spiro atoms. The van der Waals surface area contributed by atoms with Crippen LogP contribution in [0, 0.1) is 13.8 Å². The number of nitrogens with zero attached hydrogens (tertiary/aromatic N) is 3. The molecule has 0 aliphatic carbocycles. The molecule has 0 aliphatic heterocycles. The van der Waals surface area contributed by atoms with E-state index in [4.69, 9.17) is 4.74 Å². The summed E-state index contributed by atoms with van der Waals surface area (Å²) in [6.07, 6.45) is 0. The summed E-state index contributed by atoms with van der Waals surface area (Å²) < 4.78 is 10.6. The number of ether oxygens (including phenoxy) is 2. The van der Waals surface area contributed by atoms with Crippen LogP contribution >= 0.6 is 0 Å². The molecular formula is C14H15N3O4. The Bertz CT molecular complexity index is 686. The highest BCUT2D eigenvalue weighted by Crippen LogP contribution is 2.20. The van der Waals surface area contributed by atoms with Gasteiger partial charge in [-0.2, -0.15) is 4.98 Å². The van der Waals surface area contributed by atoms with Gasteiger partial charge in [0.15, 0.2) is 0 Å². The molecular weight excluding hydrogens is 274 g/mol. The maximum Gasteiger partial charge on any atom is 0.377 e. The smallest absolute Gasteiger partial charge is 0.377 e. The number of benzene rings is 1. The fourth-order valence-electron chi connectivity index (χ4n) is 2.01. The SMILES string of the molecule is COC(=O)c1nc(C(=O)OC)n(-c2c(C)cccc2C)n1. The van der Waals surface area contributed by atoms with E-state index in [-0.39, 0.29) is 11.6 Å². The van der Waals surface area contributed by atoms with Crippen LogP contribution in [0.4, 0.5) is 0 Å². The topological polar surface area (TPSA) is 83.3 Å². The first-order valence-electron chi connectivity index (χ1n) is 6.20. The average molecular weight is 289 g/mol. The number of methoxy groups -OCH3 is 2. The van der Waals surface area contributed by atoms with Gasteiger partial charge < -0.3 is 9.47 Å². The molecule has 110 valence electrons. The van der Waals surface area contributed by atoms with E-state index in [1.54, 1.807) is 0 Å². The summed E-state index contributed by atoms with van der Waals surface area (Å²) in [6, 6.07) is 5.65. The molecule has 0 amide bonds. The number of hydrogen-bond acceptors (Lipinski definition) is 6. The van der Waals surface area contributed by atoms with E-state index in [0.717, 1.165) is 11.1 Å². The third-order valence-electron chi connectivity index (χ3n) is 2.99. The van der Waals surface area contributed by atoms with Gasteiger partial charge in [0.05, 0.1) is 19.9 Å². The van der Waals surface area contributed by atoms with E-state index in [0.29, 0.717) is 5.69 Å². The van der Waals surface area contributed by atoms with Crippen LogP contribution in [0.3, 0.4) is 0 Å². The minimum atomic E-state index is -0.717. The van der Waals surface area contributed by atoms with Crippen LogP contribution < -0.4 is 0 Å². The number of para-hydroxylation sites is 1. The van der Waals surface area contributed by atoms with Crippen molar-refractivity contribution in [2.75, 3.05) is 14.2 Å². The average Bonchev–Trinajstić information content (AvgIpc) is 2.90. The van der Waals surface area contributed by atoms with E-state index in [2.05, 4.69) is 14.8 Å². The van der Waals surface area contributed by atoms with Crippen LogP contribution in [0.1, 0.15) is 32.4 Å². The maximum atomic E-state index is 11.9. The fraction of sp³-hybridized carbons (Fsp3) is 0.286. The number of esters is 2. The second-order valence-electron chi connectivity index (χ2n) is 4.39. The van der Waals surface area contributed by atoms with Gasteiger partial charge in [-0.1, -0.05) is 18.2 Å². The Morgan fingerprint density at radius 1 is 1.05 bits per heavy atom. The Morgan fingerprint density at radius 3 is 2.14 bits per heavy atom. The van der Waals surface area contributed by atoms with Gasteiger partial charge in [-0.15, -0.1) is 5.10 Å². The number of hydrogen-bond donors (Lipinski definition) is 0. The third-order valence-corrected chi connectivity index (χ3v) is 2.99. The van der Waals surface area contributed by atoms with Gasteiger partial charge >= 0.3 is 11.9 Å². The Morgan fingerprint density at radius 2 is 1.62 bits per heavy atom. The molecule has 0 fully saturated rings. The molecule has 7 nitrogen and oxygen atoms in total. The Hall–Kier alpha value is -2.70. The van der Waals surface area contributed by atoms with Crippen molar-refractivity contribution in [3.8, 4) is 5.69 Å². The predicted molar refractivity (Wildman–Crippen MR) is 73.5 cm³/mol.